The van der Waals surface area contributed by atoms with Crippen LogP contribution in [0.3, 0.4) is 0 Å². The second-order valence-electron chi connectivity index (χ2n) is 5.19. The fraction of sp³-hybridized carbons (Fsp3) is 0.167. The molecule has 0 fully saturated rings. The van der Waals surface area contributed by atoms with E-state index in [1.54, 1.807) is 18.2 Å². The van der Waals surface area contributed by atoms with E-state index in [-0.39, 0.29) is 28.9 Å². The number of phenols is 1. The van der Waals surface area contributed by atoms with Gasteiger partial charge in [0.1, 0.15) is 34.0 Å². The third-order valence-electron chi connectivity index (χ3n) is 3.56. The normalized spacial score (nSPS) is 10.8. The molecule has 0 radical (unpaired) electrons. The van der Waals surface area contributed by atoms with Gasteiger partial charge in [0.2, 0.25) is 0 Å². The predicted molar refractivity (Wildman–Crippen MR) is 93.7 cm³/mol. The Kier molecular flexibility index (Phi) is 4.83. The van der Waals surface area contributed by atoms with Gasteiger partial charge in [-0.1, -0.05) is 11.6 Å². The van der Waals surface area contributed by atoms with Crippen molar-refractivity contribution in [2.24, 2.45) is 0 Å². The predicted octanol–water partition coefficient (Wildman–Crippen LogP) is 3.81. The van der Waals surface area contributed by atoms with Gasteiger partial charge in [0.05, 0.1) is 12.1 Å². The minimum absolute atomic E-state index is 0.00293. The summed E-state index contributed by atoms with van der Waals surface area (Å²) >= 11 is 6.13. The summed E-state index contributed by atoms with van der Waals surface area (Å²) in [6.45, 7) is 0.00293. The third-order valence-corrected chi connectivity index (χ3v) is 3.86. The molecule has 2 aromatic carbocycles. The molecule has 6 nitrogen and oxygen atoms in total. The molecule has 0 amide bonds. The number of hydrogen-bond acceptors (Lipinski definition) is 6. The van der Waals surface area contributed by atoms with Crippen LogP contribution < -0.4 is 14.9 Å². The van der Waals surface area contributed by atoms with E-state index in [2.05, 4.69) is 0 Å². The van der Waals surface area contributed by atoms with Gasteiger partial charge in [0.15, 0.2) is 12.2 Å². The third kappa shape index (κ3) is 3.40. The van der Waals surface area contributed by atoms with Crippen LogP contribution >= 0.6 is 11.6 Å². The monoisotopic (exact) mass is 362 g/mol. The van der Waals surface area contributed by atoms with E-state index in [4.69, 9.17) is 30.2 Å². The van der Waals surface area contributed by atoms with Crippen molar-refractivity contribution >= 4 is 22.6 Å². The molecule has 130 valence electrons. The Balaban J connectivity index is 2.14. The van der Waals surface area contributed by atoms with E-state index in [1.807, 2.05) is 0 Å². The van der Waals surface area contributed by atoms with Crippen molar-refractivity contribution < 1.29 is 23.7 Å². The number of ether oxygens (including phenoxy) is 3. The molecule has 1 N–H and O–H groups in total. The molecule has 0 unspecified atom stereocenters. The van der Waals surface area contributed by atoms with Crippen molar-refractivity contribution in [3.63, 3.8) is 0 Å². The van der Waals surface area contributed by atoms with Gasteiger partial charge in [-0.2, -0.15) is 0 Å². The molecule has 7 heteroatoms. The number of halogens is 1. The van der Waals surface area contributed by atoms with Crippen molar-refractivity contribution in [3.8, 4) is 28.6 Å². The number of rotatable bonds is 5. The van der Waals surface area contributed by atoms with Crippen LogP contribution in [0.25, 0.3) is 22.3 Å². The van der Waals surface area contributed by atoms with Gasteiger partial charge in [-0.25, -0.2) is 0 Å². The highest BCUT2D eigenvalue weighted by atomic mass is 35.5. The quantitative estimate of drug-likeness (QED) is 0.695. The highest BCUT2D eigenvalue weighted by Crippen LogP contribution is 2.33. The zero-order chi connectivity index (χ0) is 18.0. The highest BCUT2D eigenvalue weighted by Gasteiger charge is 2.14. The molecule has 1 aromatic heterocycles. The molecule has 3 rings (SSSR count). The maximum atomic E-state index is 12.4. The number of fused-ring (bicyclic) bond motifs is 1. The molecule has 0 saturated carbocycles. The lowest BCUT2D eigenvalue weighted by atomic mass is 10.1. The maximum absolute atomic E-state index is 12.4. The number of benzene rings is 2. The Bertz CT molecular complexity index is 979. The minimum Gasteiger partial charge on any atom is -0.507 e. The molecule has 0 aliphatic rings. The molecule has 0 spiro atoms. The second kappa shape index (κ2) is 7.04. The van der Waals surface area contributed by atoms with E-state index < -0.39 is 0 Å². The zero-order valence-corrected chi connectivity index (χ0v) is 14.3. The fourth-order valence-corrected chi connectivity index (χ4v) is 2.67. The highest BCUT2D eigenvalue weighted by molar-refractivity contribution is 6.32. The van der Waals surface area contributed by atoms with Gasteiger partial charge in [0, 0.05) is 30.9 Å². The number of methoxy groups -OCH3 is 2. The summed E-state index contributed by atoms with van der Waals surface area (Å²) in [6, 6.07) is 9.19. The molecule has 0 aliphatic heterocycles. The van der Waals surface area contributed by atoms with Gasteiger partial charge >= 0.3 is 0 Å². The maximum Gasteiger partial charge on any atom is 0.197 e. The lowest BCUT2D eigenvalue weighted by Gasteiger charge is -2.09. The molecular weight excluding hydrogens is 348 g/mol. The fourth-order valence-electron chi connectivity index (χ4n) is 2.42. The zero-order valence-electron chi connectivity index (χ0n) is 13.5. The van der Waals surface area contributed by atoms with E-state index in [0.29, 0.717) is 27.8 Å². The van der Waals surface area contributed by atoms with Gasteiger partial charge < -0.3 is 23.7 Å². The van der Waals surface area contributed by atoms with Crippen molar-refractivity contribution in [3.05, 3.63) is 51.6 Å². The van der Waals surface area contributed by atoms with Crippen LogP contribution in [-0.4, -0.2) is 26.1 Å². The number of hydrogen-bond donors (Lipinski definition) is 1. The Hall–Kier alpha value is -2.70. The Labute approximate surface area is 148 Å². The summed E-state index contributed by atoms with van der Waals surface area (Å²) in [7, 11) is 2.99. The first-order chi connectivity index (χ1) is 12.0. The van der Waals surface area contributed by atoms with E-state index in [0.717, 1.165) is 0 Å². The van der Waals surface area contributed by atoms with Crippen LogP contribution in [0.15, 0.2) is 45.6 Å². The molecule has 0 saturated heterocycles. The van der Waals surface area contributed by atoms with E-state index in [9.17, 15) is 9.90 Å². The van der Waals surface area contributed by atoms with Gasteiger partial charge in [0.25, 0.3) is 0 Å². The van der Waals surface area contributed by atoms with Crippen LogP contribution in [0.5, 0.6) is 17.2 Å². The number of phenolic OH excluding ortho intramolecular Hbond substituents is 1. The van der Waals surface area contributed by atoms with Gasteiger partial charge in [-0.05, 0) is 18.2 Å². The van der Waals surface area contributed by atoms with Crippen LogP contribution in [0.2, 0.25) is 5.02 Å². The lowest BCUT2D eigenvalue weighted by molar-refractivity contribution is 0.0510. The van der Waals surface area contributed by atoms with Crippen molar-refractivity contribution in [2.45, 2.75) is 0 Å². The Morgan fingerprint density at radius 3 is 2.64 bits per heavy atom. The van der Waals surface area contributed by atoms with E-state index in [1.165, 1.54) is 32.4 Å². The van der Waals surface area contributed by atoms with Crippen LogP contribution in [0, 0.1) is 0 Å². The Morgan fingerprint density at radius 2 is 1.96 bits per heavy atom. The standard InChI is InChI=1S/C18H15ClO6/c1-22-9-24-11-6-13(20)18-14(21)8-16(25-17(18)7-11)10-3-4-15(23-2)12(19)5-10/h3-8,20H,9H2,1-2H3. The van der Waals surface area contributed by atoms with Crippen molar-refractivity contribution in [2.75, 3.05) is 21.0 Å². The molecule has 3 aromatic rings. The van der Waals surface area contributed by atoms with Crippen molar-refractivity contribution in [1.29, 1.82) is 0 Å². The molecule has 0 atom stereocenters. The summed E-state index contributed by atoms with van der Waals surface area (Å²) in [4.78, 5) is 12.4. The topological polar surface area (TPSA) is 78.1 Å². The number of aromatic hydroxyl groups is 1. The first kappa shape index (κ1) is 17.1. The summed E-state index contributed by atoms with van der Waals surface area (Å²) < 4.78 is 21.0. The summed E-state index contributed by atoms with van der Waals surface area (Å²) in [5.74, 6) is 0.920. The largest absolute Gasteiger partial charge is 0.507 e. The summed E-state index contributed by atoms with van der Waals surface area (Å²) in [5, 5.41) is 10.6. The van der Waals surface area contributed by atoms with Crippen LogP contribution in [0.1, 0.15) is 0 Å². The summed E-state index contributed by atoms with van der Waals surface area (Å²) in [5.41, 5.74) is 0.423. The SMILES string of the molecule is COCOc1cc(O)c2c(=O)cc(-c3ccc(OC)c(Cl)c3)oc2c1. The smallest absolute Gasteiger partial charge is 0.197 e. The second-order valence-corrected chi connectivity index (χ2v) is 5.60. The molecule has 0 aliphatic carbocycles. The van der Waals surface area contributed by atoms with Crippen LogP contribution in [-0.2, 0) is 4.74 Å². The average molecular weight is 363 g/mol. The Morgan fingerprint density at radius 1 is 1.16 bits per heavy atom. The molecular formula is C18H15ClO6. The first-order valence-electron chi connectivity index (χ1n) is 7.30. The lowest BCUT2D eigenvalue weighted by Crippen LogP contribution is -2.03. The molecule has 1 heterocycles. The minimum atomic E-state index is -0.376. The molecule has 25 heavy (non-hydrogen) atoms. The average Bonchev–Trinajstić information content (AvgIpc) is 2.59. The van der Waals surface area contributed by atoms with E-state index >= 15 is 0 Å². The first-order valence-corrected chi connectivity index (χ1v) is 7.68. The van der Waals surface area contributed by atoms with Gasteiger partial charge in [-0.15, -0.1) is 0 Å². The van der Waals surface area contributed by atoms with Crippen molar-refractivity contribution in [1.82, 2.24) is 0 Å². The summed E-state index contributed by atoms with van der Waals surface area (Å²) in [6.07, 6.45) is 0. The molecule has 0 bridgehead atoms. The van der Waals surface area contributed by atoms with Crippen LogP contribution in [0.4, 0.5) is 0 Å². The van der Waals surface area contributed by atoms with Gasteiger partial charge in [-0.3, -0.25) is 4.79 Å².